The zero-order valence-electron chi connectivity index (χ0n) is 15.8. The summed E-state index contributed by atoms with van der Waals surface area (Å²) in [7, 11) is 1.23. The second-order valence-corrected chi connectivity index (χ2v) is 6.50. The first-order valence-electron chi connectivity index (χ1n) is 8.59. The quantitative estimate of drug-likeness (QED) is 0.557. The van der Waals surface area contributed by atoms with Crippen molar-refractivity contribution in [3.05, 3.63) is 82.2 Å². The minimum Gasteiger partial charge on any atom is -0.464 e. The second kappa shape index (κ2) is 7.41. The van der Waals surface area contributed by atoms with Crippen LogP contribution in [0.25, 0.3) is 5.69 Å². The number of nitrogen functional groups attached to an aromatic ring is 1. The predicted octanol–water partition coefficient (Wildman–Crippen LogP) is 3.57. The van der Waals surface area contributed by atoms with Gasteiger partial charge in [0.15, 0.2) is 11.5 Å². The largest absolute Gasteiger partial charge is 0.464 e. The molecule has 6 heteroatoms. The molecular formula is C22H19N3O3. The van der Waals surface area contributed by atoms with Crippen molar-refractivity contribution in [2.75, 3.05) is 12.8 Å². The van der Waals surface area contributed by atoms with Crippen LogP contribution in [0, 0.1) is 25.2 Å². The van der Waals surface area contributed by atoms with Crippen LogP contribution in [0.2, 0.25) is 0 Å². The smallest absolute Gasteiger partial charge is 0.357 e. The van der Waals surface area contributed by atoms with Crippen molar-refractivity contribution < 1.29 is 14.3 Å². The molecule has 2 N–H and O–H groups in total. The third kappa shape index (κ3) is 3.26. The van der Waals surface area contributed by atoms with Crippen molar-refractivity contribution in [3.8, 4) is 11.8 Å². The van der Waals surface area contributed by atoms with Crippen molar-refractivity contribution in [3.63, 3.8) is 0 Å². The Morgan fingerprint density at radius 1 is 1.11 bits per heavy atom. The van der Waals surface area contributed by atoms with E-state index in [0.29, 0.717) is 16.8 Å². The molecule has 3 aromatic rings. The predicted molar refractivity (Wildman–Crippen MR) is 106 cm³/mol. The van der Waals surface area contributed by atoms with Gasteiger partial charge in [0, 0.05) is 17.3 Å². The maximum atomic E-state index is 13.2. The molecule has 6 nitrogen and oxygen atoms in total. The van der Waals surface area contributed by atoms with Crippen LogP contribution >= 0.6 is 0 Å². The Kier molecular flexibility index (Phi) is 5.01. The second-order valence-electron chi connectivity index (χ2n) is 6.50. The number of methoxy groups -OCH3 is 1. The van der Waals surface area contributed by atoms with E-state index in [1.807, 2.05) is 38.1 Å². The summed E-state index contributed by atoms with van der Waals surface area (Å²) in [4.78, 5) is 25.5. The molecule has 0 atom stereocenters. The van der Waals surface area contributed by atoms with E-state index < -0.39 is 5.97 Å². The van der Waals surface area contributed by atoms with Gasteiger partial charge in [0.05, 0.1) is 24.0 Å². The fourth-order valence-electron chi connectivity index (χ4n) is 3.24. The van der Waals surface area contributed by atoms with Gasteiger partial charge in [0.25, 0.3) is 0 Å². The number of benzene rings is 2. The summed E-state index contributed by atoms with van der Waals surface area (Å²) in [5.74, 6) is -0.878. The Morgan fingerprint density at radius 3 is 2.36 bits per heavy atom. The number of ether oxygens (including phenoxy) is 1. The number of nitrogens with two attached hydrogens (primary N) is 1. The summed E-state index contributed by atoms with van der Waals surface area (Å²) in [6.45, 7) is 3.85. The molecule has 0 saturated carbocycles. The van der Waals surface area contributed by atoms with Crippen LogP contribution in [-0.2, 0) is 4.74 Å². The van der Waals surface area contributed by atoms with Crippen molar-refractivity contribution in [2.45, 2.75) is 13.8 Å². The number of ketones is 1. The minimum absolute atomic E-state index is 0.0136. The zero-order chi connectivity index (χ0) is 20.4. The lowest BCUT2D eigenvalue weighted by molar-refractivity contribution is 0.0592. The number of carbonyl (C=O) groups excluding carboxylic acids is 2. The highest BCUT2D eigenvalue weighted by Gasteiger charge is 2.24. The maximum Gasteiger partial charge on any atom is 0.357 e. The molecule has 1 aromatic heterocycles. The standard InChI is InChI=1S/C22H19N3O3/c1-13-8-14(2)10-15(9-13)21(26)17-6-4-5-7-18(17)25-12-16(11-23)19(24)20(25)22(27)28-3/h4-10,12H,24H2,1-3H3. The topological polar surface area (TPSA) is 98.1 Å². The Balaban J connectivity index is 2.23. The molecule has 3 rings (SSSR count). The normalized spacial score (nSPS) is 10.4. The fourth-order valence-corrected chi connectivity index (χ4v) is 3.24. The molecule has 0 amide bonds. The SMILES string of the molecule is COC(=O)c1c(N)c(C#N)cn1-c1ccccc1C(=O)c1cc(C)cc(C)c1. The molecule has 0 aliphatic carbocycles. The molecule has 0 fully saturated rings. The number of esters is 1. The van der Waals surface area contributed by atoms with E-state index in [0.717, 1.165) is 11.1 Å². The minimum atomic E-state index is -0.687. The van der Waals surface area contributed by atoms with Crippen LogP contribution < -0.4 is 5.73 Å². The number of hydrogen-bond donors (Lipinski definition) is 1. The molecule has 0 aliphatic heterocycles. The molecule has 0 bridgehead atoms. The van der Waals surface area contributed by atoms with Gasteiger partial charge in [0.1, 0.15) is 6.07 Å². The lowest BCUT2D eigenvalue weighted by Gasteiger charge is -2.13. The number of aromatic nitrogens is 1. The summed E-state index contributed by atoms with van der Waals surface area (Å²) >= 11 is 0. The molecule has 140 valence electrons. The van der Waals surface area contributed by atoms with Gasteiger partial charge in [-0.25, -0.2) is 4.79 Å². The summed E-state index contributed by atoms with van der Waals surface area (Å²) in [6, 6.07) is 14.5. The van der Waals surface area contributed by atoms with Crippen molar-refractivity contribution in [1.29, 1.82) is 5.26 Å². The Morgan fingerprint density at radius 2 is 1.75 bits per heavy atom. The average Bonchev–Trinajstić information content (AvgIpc) is 3.02. The highest BCUT2D eigenvalue weighted by Crippen LogP contribution is 2.28. The summed E-state index contributed by atoms with van der Waals surface area (Å²) in [6.07, 6.45) is 1.44. The number of hydrogen-bond acceptors (Lipinski definition) is 5. The first kappa shape index (κ1) is 18.9. The number of aryl methyl sites for hydroxylation is 2. The molecule has 0 unspecified atom stereocenters. The van der Waals surface area contributed by atoms with Gasteiger partial charge in [-0.3, -0.25) is 4.79 Å². The molecule has 2 aromatic carbocycles. The van der Waals surface area contributed by atoms with Gasteiger partial charge in [-0.2, -0.15) is 5.26 Å². The molecular weight excluding hydrogens is 354 g/mol. The highest BCUT2D eigenvalue weighted by molar-refractivity contribution is 6.11. The van der Waals surface area contributed by atoms with Crippen molar-refractivity contribution >= 4 is 17.4 Å². The van der Waals surface area contributed by atoms with Crippen LogP contribution in [-0.4, -0.2) is 23.4 Å². The number of nitriles is 1. The van der Waals surface area contributed by atoms with Crippen LogP contribution in [0.4, 0.5) is 5.69 Å². The van der Waals surface area contributed by atoms with Gasteiger partial charge in [-0.05, 0) is 38.1 Å². The lowest BCUT2D eigenvalue weighted by atomic mass is 9.98. The molecule has 28 heavy (non-hydrogen) atoms. The van der Waals surface area contributed by atoms with E-state index >= 15 is 0 Å². The van der Waals surface area contributed by atoms with Crippen molar-refractivity contribution in [2.24, 2.45) is 0 Å². The third-order valence-corrected chi connectivity index (χ3v) is 4.44. The van der Waals surface area contributed by atoms with Gasteiger partial charge < -0.3 is 15.0 Å². The number of nitrogens with zero attached hydrogens (tertiary/aromatic N) is 2. The summed E-state index contributed by atoms with van der Waals surface area (Å²) in [5.41, 5.74) is 9.48. The third-order valence-electron chi connectivity index (χ3n) is 4.44. The van der Waals surface area contributed by atoms with E-state index in [4.69, 9.17) is 10.5 Å². The number of rotatable bonds is 4. The number of carbonyl (C=O) groups is 2. The van der Waals surface area contributed by atoms with Gasteiger partial charge in [-0.1, -0.05) is 29.3 Å². The van der Waals surface area contributed by atoms with E-state index in [9.17, 15) is 14.9 Å². The first-order chi connectivity index (χ1) is 13.4. The van der Waals surface area contributed by atoms with Crippen LogP contribution in [0.15, 0.2) is 48.7 Å². The Labute approximate surface area is 162 Å². The molecule has 0 aliphatic rings. The fraction of sp³-hybridized carbons (Fsp3) is 0.136. The van der Waals surface area contributed by atoms with Crippen LogP contribution in [0.5, 0.6) is 0 Å². The van der Waals surface area contributed by atoms with Gasteiger partial charge in [0.2, 0.25) is 0 Å². The van der Waals surface area contributed by atoms with Gasteiger partial charge >= 0.3 is 5.97 Å². The first-order valence-corrected chi connectivity index (χ1v) is 8.59. The van der Waals surface area contributed by atoms with E-state index in [1.54, 1.807) is 24.3 Å². The van der Waals surface area contributed by atoms with E-state index in [1.165, 1.54) is 17.9 Å². The number of anilines is 1. The Bertz CT molecular complexity index is 1120. The summed E-state index contributed by atoms with van der Waals surface area (Å²) in [5, 5.41) is 9.31. The highest BCUT2D eigenvalue weighted by atomic mass is 16.5. The van der Waals surface area contributed by atoms with E-state index in [-0.39, 0.29) is 22.7 Å². The molecule has 0 saturated heterocycles. The van der Waals surface area contributed by atoms with Gasteiger partial charge in [-0.15, -0.1) is 0 Å². The zero-order valence-corrected chi connectivity index (χ0v) is 15.8. The maximum absolute atomic E-state index is 13.2. The van der Waals surface area contributed by atoms with E-state index in [2.05, 4.69) is 0 Å². The molecule has 0 radical (unpaired) electrons. The Hall–Kier alpha value is -3.85. The number of para-hydroxylation sites is 1. The monoisotopic (exact) mass is 373 g/mol. The molecule has 0 spiro atoms. The lowest BCUT2D eigenvalue weighted by Crippen LogP contribution is -2.14. The molecule has 1 heterocycles. The summed E-state index contributed by atoms with van der Waals surface area (Å²) < 4.78 is 6.26. The van der Waals surface area contributed by atoms with Crippen molar-refractivity contribution in [1.82, 2.24) is 4.57 Å². The van der Waals surface area contributed by atoms with Crippen LogP contribution in [0.1, 0.15) is 43.1 Å². The van der Waals surface area contributed by atoms with Crippen LogP contribution in [0.3, 0.4) is 0 Å². The average molecular weight is 373 g/mol.